The van der Waals surface area contributed by atoms with Crippen LogP contribution in [0.25, 0.3) is 0 Å². The number of carbonyl (C=O) groups excluding carboxylic acids is 2. The lowest BCUT2D eigenvalue weighted by Crippen LogP contribution is -2.41. The number of ether oxygens (including phenoxy) is 1. The molecule has 1 rings (SSSR count). The molecule has 0 saturated heterocycles. The van der Waals surface area contributed by atoms with E-state index >= 15 is 0 Å². The zero-order valence-electron chi connectivity index (χ0n) is 11.3. The number of hydrogen-bond acceptors (Lipinski definition) is 4. The normalized spacial score (nSPS) is 12.6. The van der Waals surface area contributed by atoms with Crippen molar-refractivity contribution in [3.63, 3.8) is 0 Å². The summed E-state index contributed by atoms with van der Waals surface area (Å²) in [6, 6.07) is 5.61. The van der Waals surface area contributed by atoms with Crippen LogP contribution in [-0.4, -0.2) is 29.1 Å². The molecule has 0 saturated carbocycles. The van der Waals surface area contributed by atoms with Gasteiger partial charge in [0.2, 0.25) is 6.29 Å². The maximum Gasteiger partial charge on any atom is 0.408 e. The minimum Gasteiger partial charge on any atom is -0.508 e. The summed E-state index contributed by atoms with van der Waals surface area (Å²) in [6.07, 6.45) is 1.40. The van der Waals surface area contributed by atoms with E-state index in [2.05, 4.69) is 5.32 Å². The summed E-state index contributed by atoms with van der Waals surface area (Å²) in [5.41, 5.74) is 0.193. The highest BCUT2D eigenvalue weighted by molar-refractivity contribution is 5.73. The predicted octanol–water partition coefficient (Wildman–Crippen LogP) is 1.94. The second-order valence-electron chi connectivity index (χ2n) is 5.19. The molecular formula is C14H18NO4. The van der Waals surface area contributed by atoms with E-state index < -0.39 is 17.7 Å². The van der Waals surface area contributed by atoms with Crippen LogP contribution in [0.4, 0.5) is 4.79 Å². The van der Waals surface area contributed by atoms with Crippen molar-refractivity contribution in [3.05, 3.63) is 29.8 Å². The fraction of sp³-hybridized carbons (Fsp3) is 0.429. The summed E-state index contributed by atoms with van der Waals surface area (Å²) < 4.78 is 5.06. The van der Waals surface area contributed by atoms with Crippen molar-refractivity contribution >= 4 is 12.4 Å². The van der Waals surface area contributed by atoms with E-state index in [1.807, 2.05) is 0 Å². The van der Waals surface area contributed by atoms with Crippen LogP contribution in [0.2, 0.25) is 0 Å². The first-order chi connectivity index (χ1) is 8.80. The number of rotatable bonds is 4. The van der Waals surface area contributed by atoms with Crippen LogP contribution >= 0.6 is 0 Å². The highest BCUT2D eigenvalue weighted by Gasteiger charge is 2.19. The molecule has 1 amide bonds. The Kier molecular flexibility index (Phi) is 4.92. The maximum atomic E-state index is 11.5. The number of benzene rings is 1. The van der Waals surface area contributed by atoms with Gasteiger partial charge in [0, 0.05) is 6.42 Å². The second kappa shape index (κ2) is 6.22. The monoisotopic (exact) mass is 264 g/mol. The summed E-state index contributed by atoms with van der Waals surface area (Å²) in [5.74, 6) is 0.149. The molecule has 1 aromatic rings. The molecule has 0 unspecified atom stereocenters. The Bertz CT molecular complexity index is 434. The molecule has 0 aliphatic heterocycles. The quantitative estimate of drug-likeness (QED) is 0.871. The third kappa shape index (κ3) is 5.90. The van der Waals surface area contributed by atoms with Crippen LogP contribution in [-0.2, 0) is 16.0 Å². The topological polar surface area (TPSA) is 75.6 Å². The molecule has 1 atom stereocenters. The Morgan fingerprint density at radius 2 is 1.95 bits per heavy atom. The zero-order valence-corrected chi connectivity index (χ0v) is 11.3. The highest BCUT2D eigenvalue weighted by atomic mass is 16.6. The SMILES string of the molecule is CC(C)(C)OC(=O)N[C@H]([C]=O)Cc1ccc(O)cc1. The van der Waals surface area contributed by atoms with Crippen molar-refractivity contribution in [2.75, 3.05) is 0 Å². The summed E-state index contributed by atoms with van der Waals surface area (Å²) in [4.78, 5) is 22.4. The fourth-order valence-electron chi connectivity index (χ4n) is 1.44. The van der Waals surface area contributed by atoms with E-state index in [9.17, 15) is 9.59 Å². The fourth-order valence-corrected chi connectivity index (χ4v) is 1.44. The van der Waals surface area contributed by atoms with Crippen LogP contribution in [0.1, 0.15) is 26.3 Å². The molecule has 0 spiro atoms. The number of aromatic hydroxyl groups is 1. The number of phenolic OH excluding ortho intramolecular Hbond substituents is 1. The number of hydrogen-bond donors (Lipinski definition) is 2. The summed E-state index contributed by atoms with van der Waals surface area (Å²) in [6.45, 7) is 5.23. The third-order valence-electron chi connectivity index (χ3n) is 2.21. The van der Waals surface area contributed by atoms with Gasteiger partial charge in [0.1, 0.15) is 17.4 Å². The molecule has 5 nitrogen and oxygen atoms in total. The van der Waals surface area contributed by atoms with Gasteiger partial charge in [0.25, 0.3) is 0 Å². The van der Waals surface area contributed by atoms with Crippen LogP contribution in [0, 0.1) is 0 Å². The first-order valence-corrected chi connectivity index (χ1v) is 5.95. The second-order valence-corrected chi connectivity index (χ2v) is 5.19. The van der Waals surface area contributed by atoms with Gasteiger partial charge in [-0.2, -0.15) is 0 Å². The average Bonchev–Trinajstić information content (AvgIpc) is 2.28. The molecule has 0 heterocycles. The number of amides is 1. The molecule has 0 fully saturated rings. The Hall–Kier alpha value is -2.04. The molecule has 0 aliphatic rings. The van der Waals surface area contributed by atoms with Gasteiger partial charge in [-0.05, 0) is 38.5 Å². The summed E-state index contributed by atoms with van der Waals surface area (Å²) in [7, 11) is 0. The third-order valence-corrected chi connectivity index (χ3v) is 2.21. The van der Waals surface area contributed by atoms with Crippen molar-refractivity contribution in [1.82, 2.24) is 5.32 Å². The number of carbonyl (C=O) groups is 1. The lowest BCUT2D eigenvalue weighted by molar-refractivity contribution is 0.0517. The van der Waals surface area contributed by atoms with Gasteiger partial charge in [-0.3, -0.25) is 4.79 Å². The number of nitrogens with one attached hydrogen (secondary N) is 1. The number of alkyl carbamates (subject to hydrolysis) is 1. The number of phenols is 1. The smallest absolute Gasteiger partial charge is 0.408 e. The Morgan fingerprint density at radius 1 is 1.37 bits per heavy atom. The molecule has 19 heavy (non-hydrogen) atoms. The lowest BCUT2D eigenvalue weighted by Gasteiger charge is -2.21. The maximum absolute atomic E-state index is 11.5. The molecule has 2 N–H and O–H groups in total. The van der Waals surface area contributed by atoms with Crippen molar-refractivity contribution < 1.29 is 19.4 Å². The van der Waals surface area contributed by atoms with E-state index in [1.54, 1.807) is 39.2 Å². The molecule has 103 valence electrons. The molecule has 1 radical (unpaired) electrons. The van der Waals surface area contributed by atoms with Crippen LogP contribution in [0.3, 0.4) is 0 Å². The van der Waals surface area contributed by atoms with Gasteiger partial charge in [0.15, 0.2) is 0 Å². The Labute approximate surface area is 112 Å². The molecular weight excluding hydrogens is 246 g/mol. The van der Waals surface area contributed by atoms with Crippen molar-refractivity contribution in [2.24, 2.45) is 0 Å². The first-order valence-electron chi connectivity index (χ1n) is 5.95. The van der Waals surface area contributed by atoms with E-state index in [0.29, 0.717) is 6.42 Å². The van der Waals surface area contributed by atoms with Crippen molar-refractivity contribution in [1.29, 1.82) is 0 Å². The minimum atomic E-state index is -0.778. The van der Waals surface area contributed by atoms with Crippen molar-refractivity contribution in [2.45, 2.75) is 38.8 Å². The predicted molar refractivity (Wildman–Crippen MR) is 70.7 cm³/mol. The largest absolute Gasteiger partial charge is 0.508 e. The zero-order chi connectivity index (χ0) is 14.5. The van der Waals surface area contributed by atoms with E-state index in [4.69, 9.17) is 9.84 Å². The molecule has 0 aromatic heterocycles. The highest BCUT2D eigenvalue weighted by Crippen LogP contribution is 2.11. The van der Waals surface area contributed by atoms with Crippen LogP contribution < -0.4 is 5.32 Å². The lowest BCUT2D eigenvalue weighted by atomic mass is 10.1. The molecule has 0 aliphatic carbocycles. The molecule has 0 bridgehead atoms. The summed E-state index contributed by atoms with van der Waals surface area (Å²) in [5, 5.41) is 11.6. The average molecular weight is 264 g/mol. The van der Waals surface area contributed by atoms with E-state index in [1.165, 1.54) is 12.1 Å². The van der Waals surface area contributed by atoms with Gasteiger partial charge in [-0.1, -0.05) is 12.1 Å². The van der Waals surface area contributed by atoms with Crippen LogP contribution in [0.15, 0.2) is 24.3 Å². The van der Waals surface area contributed by atoms with E-state index in [-0.39, 0.29) is 5.75 Å². The minimum absolute atomic E-state index is 0.149. The first kappa shape index (κ1) is 15.0. The van der Waals surface area contributed by atoms with Gasteiger partial charge in [-0.25, -0.2) is 4.79 Å². The van der Waals surface area contributed by atoms with Gasteiger partial charge >= 0.3 is 6.09 Å². The van der Waals surface area contributed by atoms with Crippen molar-refractivity contribution in [3.8, 4) is 5.75 Å². The van der Waals surface area contributed by atoms with Gasteiger partial charge in [-0.15, -0.1) is 0 Å². The van der Waals surface area contributed by atoms with E-state index in [0.717, 1.165) is 5.56 Å². The standard InChI is InChI=1S/C14H18NO4/c1-14(2,3)19-13(18)15-11(9-16)8-10-4-6-12(17)7-5-10/h4-7,11,17H,8H2,1-3H3,(H,15,18)/t11-/m0/s1. The molecule has 5 heteroatoms. The van der Waals surface area contributed by atoms with Crippen LogP contribution in [0.5, 0.6) is 5.75 Å². The van der Waals surface area contributed by atoms with Gasteiger partial charge < -0.3 is 15.2 Å². The Balaban J connectivity index is 2.57. The Morgan fingerprint density at radius 3 is 2.42 bits per heavy atom. The van der Waals surface area contributed by atoms with Gasteiger partial charge in [0.05, 0.1) is 0 Å². The summed E-state index contributed by atoms with van der Waals surface area (Å²) >= 11 is 0. The molecule has 1 aromatic carbocycles.